The van der Waals surface area contributed by atoms with E-state index in [-0.39, 0.29) is 25.5 Å². The van der Waals surface area contributed by atoms with Gasteiger partial charge in [-0.05, 0) is 31.0 Å². The number of likely N-dealkylation sites (tertiary alicyclic amines) is 1. The maximum atomic E-state index is 13.9. The number of carbonyl (C=O) groups excluding carboxylic acids is 1. The minimum Gasteiger partial charge on any atom is -0.342 e. The van der Waals surface area contributed by atoms with Crippen LogP contribution in [0.1, 0.15) is 32.1 Å². The predicted molar refractivity (Wildman–Crippen MR) is 101 cm³/mol. The van der Waals surface area contributed by atoms with Crippen LogP contribution in [0.15, 0.2) is 23.1 Å². The number of hydrogen-bond donors (Lipinski definition) is 0. The third-order valence-electron chi connectivity index (χ3n) is 5.41. The van der Waals surface area contributed by atoms with Crippen LogP contribution in [0.5, 0.6) is 0 Å². The average molecular weight is 416 g/mol. The lowest BCUT2D eigenvalue weighted by atomic mass is 10.1. The number of amides is 1. The molecule has 0 aromatic heterocycles. The molecule has 28 heavy (non-hydrogen) atoms. The van der Waals surface area contributed by atoms with Crippen molar-refractivity contribution in [3.63, 3.8) is 0 Å². The van der Waals surface area contributed by atoms with Gasteiger partial charge in [-0.15, -0.1) is 0 Å². The highest BCUT2D eigenvalue weighted by Gasteiger charge is 2.31. The van der Waals surface area contributed by atoms with Gasteiger partial charge in [0.2, 0.25) is 15.9 Å². The van der Waals surface area contributed by atoms with Gasteiger partial charge >= 0.3 is 0 Å². The fourth-order valence-corrected chi connectivity index (χ4v) is 5.23. The molecule has 6 nitrogen and oxygen atoms in total. The highest BCUT2D eigenvalue weighted by molar-refractivity contribution is 7.89. The van der Waals surface area contributed by atoms with Gasteiger partial charge in [0.05, 0.1) is 6.54 Å². The molecule has 1 amide bonds. The molecule has 1 aromatic rings. The molecule has 1 aromatic carbocycles. The van der Waals surface area contributed by atoms with E-state index in [2.05, 4.69) is 0 Å². The number of piperazine rings is 1. The Balaban J connectivity index is 1.56. The van der Waals surface area contributed by atoms with Gasteiger partial charge in [0.15, 0.2) is 0 Å². The second-order valence-corrected chi connectivity index (χ2v) is 9.31. The number of nitrogens with zero attached hydrogens (tertiary/aromatic N) is 3. The lowest BCUT2D eigenvalue weighted by molar-refractivity contribution is -0.133. The molecule has 2 saturated heterocycles. The summed E-state index contributed by atoms with van der Waals surface area (Å²) in [5.41, 5.74) is 0. The Morgan fingerprint density at radius 3 is 2.14 bits per heavy atom. The normalized spacial score (nSPS) is 20.6. The summed E-state index contributed by atoms with van der Waals surface area (Å²) in [6, 6.07) is 2.42. The van der Waals surface area contributed by atoms with Gasteiger partial charge in [-0.25, -0.2) is 17.2 Å². The van der Waals surface area contributed by atoms with Crippen LogP contribution in [0.4, 0.5) is 8.78 Å². The van der Waals surface area contributed by atoms with Crippen molar-refractivity contribution in [2.75, 3.05) is 45.8 Å². The van der Waals surface area contributed by atoms with Gasteiger partial charge in [-0.2, -0.15) is 4.31 Å². The SMILES string of the molecule is O=C(CN1CCN(S(=O)(=O)c2cc(F)ccc2F)CC1)N1CCCCCCC1. The highest BCUT2D eigenvalue weighted by atomic mass is 32.2. The Morgan fingerprint density at radius 1 is 0.893 bits per heavy atom. The summed E-state index contributed by atoms with van der Waals surface area (Å²) in [4.78, 5) is 15.8. The molecule has 0 radical (unpaired) electrons. The molecule has 0 atom stereocenters. The fraction of sp³-hybridized carbons (Fsp3) is 0.632. The van der Waals surface area contributed by atoms with E-state index < -0.39 is 26.6 Å². The monoisotopic (exact) mass is 415 g/mol. The first-order chi connectivity index (χ1) is 13.4. The zero-order valence-electron chi connectivity index (χ0n) is 15.9. The standard InChI is InChI=1S/C19H27F2N3O3S/c20-16-6-7-17(21)18(14-16)28(26,27)24-12-10-22(11-13-24)15-19(25)23-8-4-2-1-3-5-9-23/h6-7,14H,1-5,8-13,15H2. The summed E-state index contributed by atoms with van der Waals surface area (Å²) < 4.78 is 53.7. The van der Waals surface area contributed by atoms with E-state index >= 15 is 0 Å². The number of benzene rings is 1. The van der Waals surface area contributed by atoms with E-state index in [4.69, 9.17) is 0 Å². The summed E-state index contributed by atoms with van der Waals surface area (Å²) in [6.45, 7) is 2.89. The van der Waals surface area contributed by atoms with Crippen LogP contribution < -0.4 is 0 Å². The largest absolute Gasteiger partial charge is 0.342 e. The zero-order valence-corrected chi connectivity index (χ0v) is 16.8. The summed E-state index contributed by atoms with van der Waals surface area (Å²) >= 11 is 0. The smallest absolute Gasteiger partial charge is 0.246 e. The molecule has 0 saturated carbocycles. The van der Waals surface area contributed by atoms with Crippen LogP contribution in [0.25, 0.3) is 0 Å². The third-order valence-corrected chi connectivity index (χ3v) is 7.32. The van der Waals surface area contributed by atoms with Crippen molar-refractivity contribution in [1.82, 2.24) is 14.1 Å². The highest BCUT2D eigenvalue weighted by Crippen LogP contribution is 2.22. The molecule has 3 rings (SSSR count). The maximum Gasteiger partial charge on any atom is 0.246 e. The van der Waals surface area contributed by atoms with Crippen LogP contribution in [0.2, 0.25) is 0 Å². The van der Waals surface area contributed by atoms with Gasteiger partial charge in [0.1, 0.15) is 16.5 Å². The minimum atomic E-state index is -4.10. The van der Waals surface area contributed by atoms with E-state index in [0.29, 0.717) is 19.2 Å². The first kappa shape index (κ1) is 21.1. The lowest BCUT2D eigenvalue weighted by Gasteiger charge is -2.35. The van der Waals surface area contributed by atoms with Crippen LogP contribution in [-0.4, -0.2) is 74.2 Å². The predicted octanol–water partition coefficient (Wildman–Crippen LogP) is 2.06. The number of sulfonamides is 1. The van der Waals surface area contributed by atoms with Crippen molar-refractivity contribution in [2.45, 2.75) is 37.0 Å². The molecule has 2 aliphatic heterocycles. The molecular weight excluding hydrogens is 388 g/mol. The van der Waals surface area contributed by atoms with Crippen molar-refractivity contribution >= 4 is 15.9 Å². The van der Waals surface area contributed by atoms with Gasteiger partial charge in [-0.3, -0.25) is 9.69 Å². The molecule has 2 aliphatic rings. The molecule has 9 heteroatoms. The summed E-state index contributed by atoms with van der Waals surface area (Å²) in [5, 5.41) is 0. The van der Waals surface area contributed by atoms with Crippen molar-refractivity contribution in [3.05, 3.63) is 29.8 Å². The summed E-state index contributed by atoms with van der Waals surface area (Å²) in [6.07, 6.45) is 5.58. The van der Waals surface area contributed by atoms with Crippen molar-refractivity contribution in [2.24, 2.45) is 0 Å². The summed E-state index contributed by atoms with van der Waals surface area (Å²) in [7, 11) is -4.10. The molecule has 156 valence electrons. The number of halogens is 2. The Morgan fingerprint density at radius 2 is 1.50 bits per heavy atom. The van der Waals surface area contributed by atoms with Crippen LogP contribution in [0.3, 0.4) is 0 Å². The average Bonchev–Trinajstić information content (AvgIpc) is 2.63. The maximum absolute atomic E-state index is 13.9. The van der Waals surface area contributed by atoms with Gasteiger partial charge in [0.25, 0.3) is 0 Å². The second kappa shape index (κ2) is 9.28. The summed E-state index contributed by atoms with van der Waals surface area (Å²) in [5.74, 6) is -1.68. The molecule has 2 heterocycles. The van der Waals surface area contributed by atoms with E-state index in [9.17, 15) is 22.0 Å². The molecule has 0 bridgehead atoms. The van der Waals surface area contributed by atoms with Gasteiger partial charge in [-0.1, -0.05) is 19.3 Å². The first-order valence-corrected chi connectivity index (χ1v) is 11.3. The Bertz CT molecular complexity index is 788. The molecule has 0 aliphatic carbocycles. The minimum absolute atomic E-state index is 0.0781. The Kier molecular flexibility index (Phi) is 7.00. The Hall–Kier alpha value is -1.58. The quantitative estimate of drug-likeness (QED) is 0.755. The van der Waals surface area contributed by atoms with E-state index in [0.717, 1.165) is 55.2 Å². The van der Waals surface area contributed by atoms with Gasteiger partial charge in [0, 0.05) is 39.3 Å². The Labute approximate surface area is 165 Å². The molecule has 2 fully saturated rings. The van der Waals surface area contributed by atoms with E-state index in [1.165, 1.54) is 6.42 Å². The molecule has 0 spiro atoms. The zero-order chi connectivity index (χ0) is 20.1. The third kappa shape index (κ3) is 5.07. The number of hydrogen-bond acceptors (Lipinski definition) is 4. The second-order valence-electron chi connectivity index (χ2n) is 7.40. The van der Waals surface area contributed by atoms with Crippen LogP contribution in [-0.2, 0) is 14.8 Å². The fourth-order valence-electron chi connectivity index (χ4n) is 3.73. The van der Waals surface area contributed by atoms with Crippen molar-refractivity contribution in [3.8, 4) is 0 Å². The van der Waals surface area contributed by atoms with E-state index in [1.54, 1.807) is 0 Å². The first-order valence-electron chi connectivity index (χ1n) is 9.83. The van der Waals surface area contributed by atoms with Gasteiger partial charge < -0.3 is 4.90 Å². The molecular formula is C19H27F2N3O3S. The molecule has 0 N–H and O–H groups in total. The van der Waals surface area contributed by atoms with Crippen LogP contribution in [0, 0.1) is 11.6 Å². The van der Waals surface area contributed by atoms with E-state index in [1.807, 2.05) is 9.80 Å². The van der Waals surface area contributed by atoms with Crippen molar-refractivity contribution in [1.29, 1.82) is 0 Å². The van der Waals surface area contributed by atoms with Crippen molar-refractivity contribution < 1.29 is 22.0 Å². The molecule has 0 unspecified atom stereocenters. The topological polar surface area (TPSA) is 60.9 Å². The van der Waals surface area contributed by atoms with Crippen LogP contribution >= 0.6 is 0 Å². The number of rotatable bonds is 4. The number of carbonyl (C=O) groups is 1. The lowest BCUT2D eigenvalue weighted by Crippen LogP contribution is -2.51.